The zero-order chi connectivity index (χ0) is 10.4. The van der Waals surface area contributed by atoms with Gasteiger partial charge in [0.25, 0.3) is 0 Å². The summed E-state index contributed by atoms with van der Waals surface area (Å²) < 4.78 is 0. The van der Waals surface area contributed by atoms with Gasteiger partial charge in [-0.3, -0.25) is 0 Å². The van der Waals surface area contributed by atoms with E-state index in [1.165, 1.54) is 6.07 Å². The smallest absolute Gasteiger partial charge is 0.231 e. The summed E-state index contributed by atoms with van der Waals surface area (Å²) in [5, 5.41) is 33.6. The zero-order valence-electron chi connectivity index (χ0n) is 7.67. The third-order valence-electron chi connectivity index (χ3n) is 1.70. The molecule has 1 aromatic heterocycles. The van der Waals surface area contributed by atoms with E-state index in [0.717, 1.165) is 0 Å². The van der Waals surface area contributed by atoms with Crippen molar-refractivity contribution in [3.05, 3.63) is 12.1 Å². The molecular weight excluding hydrogens is 186 g/mol. The van der Waals surface area contributed by atoms with Gasteiger partial charge in [-0.1, -0.05) is 0 Å². The average Bonchev–Trinajstić information content (AvgIpc) is 2.19. The van der Waals surface area contributed by atoms with E-state index in [1.807, 2.05) is 0 Å². The van der Waals surface area contributed by atoms with Crippen LogP contribution in [0.5, 0.6) is 5.88 Å². The first-order chi connectivity index (χ1) is 6.77. The van der Waals surface area contributed by atoms with Gasteiger partial charge in [0.2, 0.25) is 5.88 Å². The van der Waals surface area contributed by atoms with Crippen LogP contribution in [-0.4, -0.2) is 51.8 Å². The fourth-order valence-corrected chi connectivity index (χ4v) is 1.07. The molecule has 1 rings (SSSR count). The van der Waals surface area contributed by atoms with Crippen molar-refractivity contribution in [1.29, 1.82) is 0 Å². The molecule has 6 heteroatoms. The van der Waals surface area contributed by atoms with Crippen LogP contribution in [0.1, 0.15) is 0 Å². The minimum atomic E-state index is -0.151. The summed E-state index contributed by atoms with van der Waals surface area (Å²) in [7, 11) is 0. The monoisotopic (exact) mass is 199 g/mol. The fraction of sp³-hybridized carbons (Fsp3) is 0.500. The lowest BCUT2D eigenvalue weighted by atomic mass is 10.4. The van der Waals surface area contributed by atoms with Gasteiger partial charge in [0.15, 0.2) is 5.82 Å². The van der Waals surface area contributed by atoms with Gasteiger partial charge in [0.05, 0.1) is 13.2 Å². The molecule has 0 unspecified atom stereocenters. The predicted octanol–water partition coefficient (Wildman–Crippen LogP) is -1.03. The maximum Gasteiger partial charge on any atom is 0.231 e. The number of anilines is 1. The summed E-state index contributed by atoms with van der Waals surface area (Å²) >= 11 is 0. The minimum absolute atomic E-state index is 0.0252. The van der Waals surface area contributed by atoms with Crippen LogP contribution in [0, 0.1) is 0 Å². The van der Waals surface area contributed by atoms with Crippen molar-refractivity contribution in [3.63, 3.8) is 0 Å². The van der Waals surface area contributed by atoms with Crippen LogP contribution in [0.2, 0.25) is 0 Å². The molecular formula is C8H13N3O3. The lowest BCUT2D eigenvalue weighted by Crippen LogP contribution is -2.30. The number of aromatic hydroxyl groups is 1. The Morgan fingerprint density at radius 1 is 1.07 bits per heavy atom. The number of aliphatic hydroxyl groups is 2. The fourth-order valence-electron chi connectivity index (χ4n) is 1.07. The summed E-state index contributed by atoms with van der Waals surface area (Å²) in [4.78, 5) is 1.67. The SMILES string of the molecule is OCCN(CCO)c1ccc(O)nn1. The molecule has 0 bridgehead atoms. The Morgan fingerprint density at radius 3 is 2.14 bits per heavy atom. The van der Waals surface area contributed by atoms with E-state index in [-0.39, 0.29) is 19.1 Å². The van der Waals surface area contributed by atoms with Crippen LogP contribution in [0.3, 0.4) is 0 Å². The van der Waals surface area contributed by atoms with Crippen molar-refractivity contribution in [2.24, 2.45) is 0 Å². The van der Waals surface area contributed by atoms with Gasteiger partial charge in [-0.25, -0.2) is 0 Å². The largest absolute Gasteiger partial charge is 0.492 e. The molecule has 0 aliphatic rings. The van der Waals surface area contributed by atoms with Crippen LogP contribution in [0.4, 0.5) is 5.82 Å². The van der Waals surface area contributed by atoms with Crippen molar-refractivity contribution < 1.29 is 15.3 Å². The standard InChI is InChI=1S/C8H13N3O3/c12-5-3-11(4-6-13)7-1-2-8(14)10-9-7/h1-2,12-13H,3-6H2,(H,10,14). The van der Waals surface area contributed by atoms with Gasteiger partial charge in [-0.15, -0.1) is 10.2 Å². The van der Waals surface area contributed by atoms with Crippen molar-refractivity contribution >= 4 is 5.82 Å². The summed E-state index contributed by atoms with van der Waals surface area (Å²) in [6.07, 6.45) is 0. The number of hydrogen-bond donors (Lipinski definition) is 3. The third kappa shape index (κ3) is 2.82. The van der Waals surface area contributed by atoms with Crippen molar-refractivity contribution in [1.82, 2.24) is 10.2 Å². The van der Waals surface area contributed by atoms with Crippen LogP contribution >= 0.6 is 0 Å². The van der Waals surface area contributed by atoms with E-state index in [4.69, 9.17) is 15.3 Å². The summed E-state index contributed by atoms with van der Waals surface area (Å²) in [6.45, 7) is 0.700. The highest BCUT2D eigenvalue weighted by Crippen LogP contribution is 2.10. The van der Waals surface area contributed by atoms with Crippen LogP contribution in [0.25, 0.3) is 0 Å². The average molecular weight is 199 g/mol. The predicted molar refractivity (Wildman–Crippen MR) is 50.1 cm³/mol. The number of hydrogen-bond acceptors (Lipinski definition) is 6. The van der Waals surface area contributed by atoms with E-state index in [0.29, 0.717) is 18.9 Å². The highest BCUT2D eigenvalue weighted by Gasteiger charge is 2.06. The Bertz CT molecular complexity index is 259. The molecule has 0 amide bonds. The van der Waals surface area contributed by atoms with E-state index in [1.54, 1.807) is 11.0 Å². The molecule has 6 nitrogen and oxygen atoms in total. The van der Waals surface area contributed by atoms with Crippen LogP contribution < -0.4 is 4.90 Å². The second-order valence-electron chi connectivity index (χ2n) is 2.68. The lowest BCUT2D eigenvalue weighted by molar-refractivity contribution is 0.280. The van der Waals surface area contributed by atoms with Gasteiger partial charge in [-0.2, -0.15) is 0 Å². The maximum atomic E-state index is 8.91. The number of aliphatic hydroxyl groups excluding tert-OH is 2. The second-order valence-corrected chi connectivity index (χ2v) is 2.68. The molecule has 0 saturated heterocycles. The number of aromatic nitrogens is 2. The molecule has 0 aromatic carbocycles. The lowest BCUT2D eigenvalue weighted by Gasteiger charge is -2.20. The molecule has 0 fully saturated rings. The van der Waals surface area contributed by atoms with Gasteiger partial charge in [0, 0.05) is 19.2 Å². The third-order valence-corrected chi connectivity index (χ3v) is 1.70. The van der Waals surface area contributed by atoms with Gasteiger partial charge in [-0.05, 0) is 6.07 Å². The van der Waals surface area contributed by atoms with E-state index in [9.17, 15) is 0 Å². The molecule has 0 saturated carbocycles. The van der Waals surface area contributed by atoms with Crippen molar-refractivity contribution in [2.75, 3.05) is 31.2 Å². The first-order valence-corrected chi connectivity index (χ1v) is 4.27. The normalized spacial score (nSPS) is 10.1. The molecule has 0 atom stereocenters. The summed E-state index contributed by atoms with van der Waals surface area (Å²) in [5.74, 6) is 0.368. The Morgan fingerprint density at radius 2 is 1.71 bits per heavy atom. The molecule has 1 heterocycles. The Hall–Kier alpha value is -1.40. The van der Waals surface area contributed by atoms with E-state index in [2.05, 4.69) is 10.2 Å². The van der Waals surface area contributed by atoms with E-state index < -0.39 is 0 Å². The highest BCUT2D eigenvalue weighted by molar-refractivity contribution is 5.37. The highest BCUT2D eigenvalue weighted by atomic mass is 16.3. The maximum absolute atomic E-state index is 8.91. The van der Waals surface area contributed by atoms with E-state index >= 15 is 0 Å². The molecule has 1 aromatic rings. The molecule has 0 aliphatic heterocycles. The minimum Gasteiger partial charge on any atom is -0.492 e. The van der Waals surface area contributed by atoms with Crippen molar-refractivity contribution in [3.8, 4) is 5.88 Å². The second kappa shape index (κ2) is 5.36. The molecule has 78 valence electrons. The molecule has 0 aliphatic carbocycles. The van der Waals surface area contributed by atoms with Crippen molar-refractivity contribution in [2.45, 2.75) is 0 Å². The first-order valence-electron chi connectivity index (χ1n) is 4.27. The number of nitrogens with zero attached hydrogens (tertiary/aromatic N) is 3. The Kier molecular flexibility index (Phi) is 4.09. The molecule has 0 radical (unpaired) electrons. The molecule has 3 N–H and O–H groups in total. The van der Waals surface area contributed by atoms with Gasteiger partial charge in [0.1, 0.15) is 0 Å². The molecule has 0 spiro atoms. The summed E-state index contributed by atoms with van der Waals surface area (Å²) in [5.41, 5.74) is 0. The summed E-state index contributed by atoms with van der Waals surface area (Å²) in [6, 6.07) is 2.98. The topological polar surface area (TPSA) is 89.7 Å². The zero-order valence-corrected chi connectivity index (χ0v) is 7.67. The number of rotatable bonds is 5. The Labute approximate surface area is 81.4 Å². The van der Waals surface area contributed by atoms with Gasteiger partial charge >= 0.3 is 0 Å². The first kappa shape index (κ1) is 10.7. The quantitative estimate of drug-likeness (QED) is 0.562. The van der Waals surface area contributed by atoms with Crippen LogP contribution in [-0.2, 0) is 0 Å². The van der Waals surface area contributed by atoms with Crippen LogP contribution in [0.15, 0.2) is 12.1 Å². The Balaban J connectivity index is 2.71. The molecule has 14 heavy (non-hydrogen) atoms. The van der Waals surface area contributed by atoms with Gasteiger partial charge < -0.3 is 20.2 Å².